The lowest BCUT2D eigenvalue weighted by Crippen LogP contribution is -2.28. The third-order valence-electron chi connectivity index (χ3n) is 2.78. The Morgan fingerprint density at radius 3 is 2.68 bits per heavy atom. The van der Waals surface area contributed by atoms with E-state index in [-0.39, 0.29) is 10.9 Å². The molecule has 0 aliphatic carbocycles. The van der Waals surface area contributed by atoms with Gasteiger partial charge in [0, 0.05) is 12.6 Å². The van der Waals surface area contributed by atoms with Crippen molar-refractivity contribution in [2.24, 2.45) is 5.73 Å². The predicted molar refractivity (Wildman–Crippen MR) is 81.9 cm³/mol. The van der Waals surface area contributed by atoms with Crippen molar-refractivity contribution in [1.29, 1.82) is 0 Å². The molecule has 19 heavy (non-hydrogen) atoms. The highest BCUT2D eigenvalue weighted by molar-refractivity contribution is 7.80. The minimum atomic E-state index is -0.108. The van der Waals surface area contributed by atoms with Crippen molar-refractivity contribution >= 4 is 40.1 Å². The Hall–Kier alpha value is -1.79. The van der Waals surface area contributed by atoms with Crippen LogP contribution in [-0.4, -0.2) is 22.9 Å². The number of nitrogens with two attached hydrogens (primary N) is 1. The fourth-order valence-electron chi connectivity index (χ4n) is 1.74. The Kier molecular flexibility index (Phi) is 3.92. The molecule has 0 saturated carbocycles. The van der Waals surface area contributed by atoms with Crippen molar-refractivity contribution in [3.63, 3.8) is 0 Å². The van der Waals surface area contributed by atoms with Crippen molar-refractivity contribution in [3.05, 3.63) is 45.9 Å². The zero-order valence-corrected chi connectivity index (χ0v) is 12.2. The van der Waals surface area contributed by atoms with E-state index in [4.69, 9.17) is 18.0 Å². The van der Waals surface area contributed by atoms with Crippen LogP contribution in [0.3, 0.4) is 0 Å². The Labute approximate surface area is 120 Å². The van der Waals surface area contributed by atoms with E-state index < -0.39 is 0 Å². The number of aryl methyl sites for hydroxylation is 1. The van der Waals surface area contributed by atoms with Gasteiger partial charge in [0.15, 0.2) is 0 Å². The van der Waals surface area contributed by atoms with E-state index in [2.05, 4.69) is 4.98 Å². The molecule has 98 valence electrons. The van der Waals surface area contributed by atoms with Crippen LogP contribution in [0, 0.1) is 6.92 Å². The second kappa shape index (κ2) is 5.46. The predicted octanol–water partition coefficient (Wildman–Crippen LogP) is 2.36. The Morgan fingerprint density at radius 2 is 2.11 bits per heavy atom. The molecule has 4 nitrogen and oxygen atoms in total. The lowest BCUT2D eigenvalue weighted by Gasteiger charge is -2.19. The van der Waals surface area contributed by atoms with Crippen molar-refractivity contribution in [1.82, 2.24) is 4.98 Å². The molecule has 1 aromatic heterocycles. The fraction of sp³-hybridized carbons (Fsp3) is 0.154. The van der Waals surface area contributed by atoms with Crippen molar-refractivity contribution in [2.45, 2.75) is 6.92 Å². The molecular weight excluding hydrogens is 278 g/mol. The normalized spacial score (nSPS) is 10.2. The number of rotatable bonds is 3. The SMILES string of the molecule is Cc1ncsc1C(=O)N(C)c1ccccc1C(N)=S. The Balaban J connectivity index is 2.40. The van der Waals surface area contributed by atoms with Crippen LogP contribution in [0.15, 0.2) is 29.8 Å². The second-order valence-electron chi connectivity index (χ2n) is 4.01. The number of thiazole rings is 1. The average molecular weight is 291 g/mol. The minimum absolute atomic E-state index is 0.108. The van der Waals surface area contributed by atoms with E-state index in [0.717, 1.165) is 5.69 Å². The zero-order chi connectivity index (χ0) is 14.0. The second-order valence-corrected chi connectivity index (χ2v) is 5.31. The van der Waals surface area contributed by atoms with E-state index in [9.17, 15) is 4.79 Å². The highest BCUT2D eigenvalue weighted by Crippen LogP contribution is 2.23. The lowest BCUT2D eigenvalue weighted by molar-refractivity contribution is 0.0996. The molecule has 0 aliphatic rings. The van der Waals surface area contributed by atoms with E-state index in [1.165, 1.54) is 11.3 Å². The van der Waals surface area contributed by atoms with Crippen LogP contribution in [0.5, 0.6) is 0 Å². The first-order valence-electron chi connectivity index (χ1n) is 5.59. The summed E-state index contributed by atoms with van der Waals surface area (Å²) in [4.78, 5) is 19.0. The number of anilines is 1. The topological polar surface area (TPSA) is 59.2 Å². The summed E-state index contributed by atoms with van der Waals surface area (Å²) in [6.45, 7) is 1.82. The number of nitrogens with zero attached hydrogens (tertiary/aromatic N) is 2. The maximum absolute atomic E-state index is 12.4. The summed E-state index contributed by atoms with van der Waals surface area (Å²) in [5.41, 5.74) is 9.47. The zero-order valence-electron chi connectivity index (χ0n) is 10.6. The first-order chi connectivity index (χ1) is 9.02. The van der Waals surface area contributed by atoms with E-state index in [0.29, 0.717) is 16.1 Å². The average Bonchev–Trinajstić information content (AvgIpc) is 2.83. The summed E-state index contributed by atoms with van der Waals surface area (Å²) >= 11 is 6.34. The van der Waals surface area contributed by atoms with Crippen LogP contribution in [0.4, 0.5) is 5.69 Å². The number of thiocarbonyl (C=S) groups is 1. The molecule has 0 radical (unpaired) electrons. The monoisotopic (exact) mass is 291 g/mol. The molecule has 0 fully saturated rings. The van der Waals surface area contributed by atoms with Gasteiger partial charge in [0.05, 0.1) is 16.9 Å². The smallest absolute Gasteiger partial charge is 0.270 e. The van der Waals surface area contributed by atoms with E-state index in [1.54, 1.807) is 23.5 Å². The van der Waals surface area contributed by atoms with Gasteiger partial charge in [0.25, 0.3) is 5.91 Å². The molecule has 1 amide bonds. The maximum atomic E-state index is 12.4. The summed E-state index contributed by atoms with van der Waals surface area (Å²) in [7, 11) is 1.71. The quantitative estimate of drug-likeness (QED) is 0.882. The molecule has 2 N–H and O–H groups in total. The van der Waals surface area contributed by atoms with Gasteiger partial charge in [-0.3, -0.25) is 4.79 Å². The fourth-order valence-corrected chi connectivity index (χ4v) is 2.69. The van der Waals surface area contributed by atoms with E-state index >= 15 is 0 Å². The number of hydrogen-bond acceptors (Lipinski definition) is 4. The lowest BCUT2D eigenvalue weighted by atomic mass is 10.1. The van der Waals surface area contributed by atoms with Crippen molar-refractivity contribution < 1.29 is 4.79 Å². The van der Waals surface area contributed by atoms with Crippen LogP contribution in [0.2, 0.25) is 0 Å². The Morgan fingerprint density at radius 1 is 1.42 bits per heavy atom. The number of hydrogen-bond donors (Lipinski definition) is 1. The standard InChI is InChI=1S/C13H13N3OS2/c1-8-11(19-7-15-8)13(17)16(2)10-6-4-3-5-9(10)12(14)18/h3-7H,1-2H3,(H2,14,18). The van der Waals surface area contributed by atoms with Crippen LogP contribution < -0.4 is 10.6 Å². The molecule has 2 rings (SSSR count). The molecule has 0 spiro atoms. The summed E-state index contributed by atoms with van der Waals surface area (Å²) < 4.78 is 0. The molecule has 0 aliphatic heterocycles. The van der Waals surface area contributed by atoms with Crippen LogP contribution in [0.1, 0.15) is 20.9 Å². The molecular formula is C13H13N3OS2. The largest absolute Gasteiger partial charge is 0.389 e. The minimum Gasteiger partial charge on any atom is -0.389 e. The van der Waals surface area contributed by atoms with Gasteiger partial charge in [-0.05, 0) is 19.1 Å². The van der Waals surface area contributed by atoms with Crippen LogP contribution >= 0.6 is 23.6 Å². The van der Waals surface area contributed by atoms with Gasteiger partial charge in [-0.1, -0.05) is 24.4 Å². The molecule has 6 heteroatoms. The highest BCUT2D eigenvalue weighted by atomic mass is 32.1. The Bertz CT molecular complexity index is 636. The third kappa shape index (κ3) is 2.64. The molecule has 0 saturated heterocycles. The highest BCUT2D eigenvalue weighted by Gasteiger charge is 2.20. The number of carbonyl (C=O) groups excluding carboxylic acids is 1. The van der Waals surface area contributed by atoms with Gasteiger partial charge in [-0.15, -0.1) is 11.3 Å². The van der Waals surface area contributed by atoms with Gasteiger partial charge < -0.3 is 10.6 Å². The van der Waals surface area contributed by atoms with Gasteiger partial charge in [0.2, 0.25) is 0 Å². The maximum Gasteiger partial charge on any atom is 0.270 e. The van der Waals surface area contributed by atoms with Gasteiger partial charge in [-0.25, -0.2) is 4.98 Å². The summed E-state index contributed by atoms with van der Waals surface area (Å²) in [6, 6.07) is 7.32. The van der Waals surface area contributed by atoms with Gasteiger partial charge >= 0.3 is 0 Å². The molecule has 0 atom stereocenters. The number of para-hydroxylation sites is 1. The number of amides is 1. The van der Waals surface area contributed by atoms with Crippen molar-refractivity contribution in [2.75, 3.05) is 11.9 Å². The molecule has 1 heterocycles. The van der Waals surface area contributed by atoms with Crippen LogP contribution in [-0.2, 0) is 0 Å². The number of benzene rings is 1. The number of aromatic nitrogens is 1. The summed E-state index contributed by atoms with van der Waals surface area (Å²) in [5, 5.41) is 0. The van der Waals surface area contributed by atoms with Crippen LogP contribution in [0.25, 0.3) is 0 Å². The summed E-state index contributed by atoms with van der Waals surface area (Å²) in [6.07, 6.45) is 0. The number of carbonyl (C=O) groups is 1. The third-order valence-corrected chi connectivity index (χ3v) is 3.91. The first kappa shape index (κ1) is 13.6. The molecule has 1 aromatic carbocycles. The van der Waals surface area contributed by atoms with E-state index in [1.807, 2.05) is 25.1 Å². The van der Waals surface area contributed by atoms with Crippen molar-refractivity contribution in [3.8, 4) is 0 Å². The molecule has 2 aromatic rings. The van der Waals surface area contributed by atoms with Gasteiger partial charge in [0.1, 0.15) is 9.87 Å². The van der Waals surface area contributed by atoms with Gasteiger partial charge in [-0.2, -0.15) is 0 Å². The summed E-state index contributed by atoms with van der Waals surface area (Å²) in [5.74, 6) is -0.108. The molecule has 0 bridgehead atoms. The molecule has 0 unspecified atom stereocenters. The first-order valence-corrected chi connectivity index (χ1v) is 6.88.